The standard InChI is InChI=1S/C22H32FN7O/c1-30-12-6-9-19(30)26-22-28-20(24-14-15-7-4-3-5-8-15)27-21(29-22)25-16-10-11-18(31-2)17(23)13-16/h10-11,13,15,19H,3-9,12,14H2,1-2H3,(H3,24,25,26,27,28,29). The number of aromatic nitrogens is 3. The van der Waals surface area contributed by atoms with Gasteiger partial charge in [0.1, 0.15) is 0 Å². The summed E-state index contributed by atoms with van der Waals surface area (Å²) in [6.45, 7) is 1.90. The van der Waals surface area contributed by atoms with Crippen molar-refractivity contribution >= 4 is 23.5 Å². The third-order valence-electron chi connectivity index (χ3n) is 6.13. The normalized spacial score (nSPS) is 19.9. The van der Waals surface area contributed by atoms with Crippen LogP contribution in [0.5, 0.6) is 5.75 Å². The fourth-order valence-corrected chi connectivity index (χ4v) is 4.32. The van der Waals surface area contributed by atoms with Gasteiger partial charge in [0.05, 0.1) is 13.3 Å². The molecule has 0 spiro atoms. The molecule has 0 radical (unpaired) electrons. The van der Waals surface area contributed by atoms with Crippen molar-refractivity contribution in [2.24, 2.45) is 5.92 Å². The van der Waals surface area contributed by atoms with Crippen LogP contribution in [-0.4, -0.2) is 53.3 Å². The average Bonchev–Trinajstić information content (AvgIpc) is 3.17. The molecule has 0 amide bonds. The summed E-state index contributed by atoms with van der Waals surface area (Å²) in [5, 5.41) is 9.91. The highest BCUT2D eigenvalue weighted by molar-refractivity contribution is 5.57. The van der Waals surface area contributed by atoms with Gasteiger partial charge < -0.3 is 20.7 Å². The molecule has 3 N–H and O–H groups in total. The van der Waals surface area contributed by atoms with Crippen LogP contribution in [0.2, 0.25) is 0 Å². The fourth-order valence-electron chi connectivity index (χ4n) is 4.32. The first-order valence-corrected chi connectivity index (χ1v) is 11.2. The molecule has 0 bridgehead atoms. The molecule has 2 heterocycles. The summed E-state index contributed by atoms with van der Waals surface area (Å²) in [4.78, 5) is 15.9. The Morgan fingerprint density at radius 2 is 1.81 bits per heavy atom. The minimum Gasteiger partial charge on any atom is -0.494 e. The van der Waals surface area contributed by atoms with Gasteiger partial charge in [0, 0.05) is 18.3 Å². The van der Waals surface area contributed by atoms with Crippen molar-refractivity contribution in [1.29, 1.82) is 0 Å². The van der Waals surface area contributed by atoms with E-state index in [-0.39, 0.29) is 11.9 Å². The van der Waals surface area contributed by atoms with E-state index in [2.05, 4.69) is 42.8 Å². The number of nitrogens with zero attached hydrogens (tertiary/aromatic N) is 4. The van der Waals surface area contributed by atoms with Crippen LogP contribution in [0.15, 0.2) is 18.2 Å². The van der Waals surface area contributed by atoms with Crippen molar-refractivity contribution in [2.45, 2.75) is 51.1 Å². The molecule has 168 valence electrons. The van der Waals surface area contributed by atoms with Crippen LogP contribution in [0.25, 0.3) is 0 Å². The van der Waals surface area contributed by atoms with Gasteiger partial charge in [-0.05, 0) is 57.3 Å². The van der Waals surface area contributed by atoms with Crippen molar-refractivity contribution in [3.63, 3.8) is 0 Å². The Morgan fingerprint density at radius 3 is 2.52 bits per heavy atom. The van der Waals surface area contributed by atoms with E-state index in [9.17, 15) is 4.39 Å². The van der Waals surface area contributed by atoms with Crippen LogP contribution in [-0.2, 0) is 0 Å². The molecule has 2 aliphatic rings. The van der Waals surface area contributed by atoms with Crippen LogP contribution >= 0.6 is 0 Å². The number of halogens is 1. The molecular weight excluding hydrogens is 397 g/mol. The lowest BCUT2D eigenvalue weighted by Crippen LogP contribution is -2.33. The fraction of sp³-hybridized carbons (Fsp3) is 0.591. The Morgan fingerprint density at radius 1 is 1.03 bits per heavy atom. The lowest BCUT2D eigenvalue weighted by molar-refractivity contribution is 0.337. The van der Waals surface area contributed by atoms with Gasteiger partial charge in [-0.25, -0.2) is 4.39 Å². The van der Waals surface area contributed by atoms with E-state index in [0.717, 1.165) is 25.9 Å². The second-order valence-electron chi connectivity index (χ2n) is 8.45. The predicted octanol–water partition coefficient (Wildman–Crippen LogP) is 4.22. The largest absolute Gasteiger partial charge is 0.494 e. The van der Waals surface area contributed by atoms with Crippen molar-refractivity contribution in [3.8, 4) is 5.75 Å². The number of nitrogens with one attached hydrogen (secondary N) is 3. The number of methoxy groups -OCH3 is 1. The van der Waals surface area contributed by atoms with Crippen LogP contribution in [0.3, 0.4) is 0 Å². The number of likely N-dealkylation sites (tertiary alicyclic amines) is 1. The zero-order chi connectivity index (χ0) is 21.6. The smallest absolute Gasteiger partial charge is 0.233 e. The Bertz CT molecular complexity index is 875. The Kier molecular flexibility index (Phi) is 7.01. The summed E-state index contributed by atoms with van der Waals surface area (Å²) >= 11 is 0. The number of hydrogen-bond donors (Lipinski definition) is 3. The van der Waals surface area contributed by atoms with E-state index in [1.165, 1.54) is 45.3 Å². The molecule has 9 heteroatoms. The topological polar surface area (TPSA) is 87.2 Å². The average molecular weight is 430 g/mol. The molecule has 1 saturated carbocycles. The van der Waals surface area contributed by atoms with Gasteiger partial charge in [0.25, 0.3) is 0 Å². The van der Waals surface area contributed by atoms with Crippen LogP contribution in [0, 0.1) is 11.7 Å². The summed E-state index contributed by atoms with van der Waals surface area (Å²) in [5.74, 6) is 1.81. The highest BCUT2D eigenvalue weighted by Gasteiger charge is 2.22. The van der Waals surface area contributed by atoms with E-state index in [1.807, 2.05) is 0 Å². The first kappa shape index (κ1) is 21.5. The van der Waals surface area contributed by atoms with Crippen molar-refractivity contribution in [2.75, 3.05) is 43.2 Å². The zero-order valence-electron chi connectivity index (χ0n) is 18.3. The first-order valence-electron chi connectivity index (χ1n) is 11.2. The van der Waals surface area contributed by atoms with E-state index < -0.39 is 5.82 Å². The van der Waals surface area contributed by atoms with E-state index in [0.29, 0.717) is 29.5 Å². The minimum atomic E-state index is -0.442. The molecule has 1 saturated heterocycles. The highest BCUT2D eigenvalue weighted by Crippen LogP contribution is 2.26. The molecular formula is C22H32FN7O. The third kappa shape index (κ3) is 5.72. The molecule has 1 aliphatic heterocycles. The van der Waals surface area contributed by atoms with Gasteiger partial charge in [-0.15, -0.1) is 0 Å². The molecule has 1 aliphatic carbocycles. The SMILES string of the molecule is COc1ccc(Nc2nc(NCC3CCCCC3)nc(NC3CCCN3C)n2)cc1F. The number of hydrogen-bond acceptors (Lipinski definition) is 8. The van der Waals surface area contributed by atoms with Crippen LogP contribution in [0.4, 0.5) is 27.9 Å². The molecule has 2 aromatic rings. The maximum atomic E-state index is 14.1. The van der Waals surface area contributed by atoms with E-state index >= 15 is 0 Å². The van der Waals surface area contributed by atoms with Gasteiger partial charge in [0.2, 0.25) is 17.8 Å². The first-order chi connectivity index (χ1) is 15.1. The summed E-state index contributed by atoms with van der Waals surface area (Å²) in [6.07, 6.45) is 8.78. The summed E-state index contributed by atoms with van der Waals surface area (Å²) < 4.78 is 19.1. The van der Waals surface area contributed by atoms with Gasteiger partial charge in [-0.2, -0.15) is 15.0 Å². The molecule has 1 aromatic carbocycles. The maximum Gasteiger partial charge on any atom is 0.233 e. The van der Waals surface area contributed by atoms with Gasteiger partial charge >= 0.3 is 0 Å². The van der Waals surface area contributed by atoms with Gasteiger partial charge in [0.15, 0.2) is 11.6 Å². The molecule has 4 rings (SSSR count). The number of anilines is 4. The Hall–Kier alpha value is -2.68. The minimum absolute atomic E-state index is 0.194. The maximum absolute atomic E-state index is 14.1. The predicted molar refractivity (Wildman–Crippen MR) is 120 cm³/mol. The van der Waals surface area contributed by atoms with Gasteiger partial charge in [-0.1, -0.05) is 19.3 Å². The molecule has 8 nitrogen and oxygen atoms in total. The monoisotopic (exact) mass is 429 g/mol. The van der Waals surface area contributed by atoms with Crippen LogP contribution in [0.1, 0.15) is 44.9 Å². The summed E-state index contributed by atoms with van der Waals surface area (Å²) in [6, 6.07) is 4.68. The Balaban J connectivity index is 1.51. The second-order valence-corrected chi connectivity index (χ2v) is 8.45. The van der Waals surface area contributed by atoms with Crippen molar-refractivity contribution in [3.05, 3.63) is 24.0 Å². The molecule has 1 unspecified atom stereocenters. The van der Waals surface area contributed by atoms with Gasteiger partial charge in [-0.3, -0.25) is 4.90 Å². The van der Waals surface area contributed by atoms with Crippen LogP contribution < -0.4 is 20.7 Å². The second kappa shape index (κ2) is 10.1. The Labute approximate surface area is 183 Å². The highest BCUT2D eigenvalue weighted by atomic mass is 19.1. The number of ether oxygens (including phenoxy) is 1. The molecule has 31 heavy (non-hydrogen) atoms. The third-order valence-corrected chi connectivity index (χ3v) is 6.13. The number of benzene rings is 1. The van der Waals surface area contributed by atoms with E-state index in [4.69, 9.17) is 4.74 Å². The lowest BCUT2D eigenvalue weighted by Gasteiger charge is -2.23. The number of rotatable bonds is 8. The summed E-state index contributed by atoms with van der Waals surface area (Å²) in [7, 11) is 3.53. The quantitative estimate of drug-likeness (QED) is 0.575. The molecule has 1 aromatic heterocycles. The van der Waals surface area contributed by atoms with E-state index in [1.54, 1.807) is 12.1 Å². The summed E-state index contributed by atoms with van der Waals surface area (Å²) in [5.41, 5.74) is 0.548. The molecule has 1 atom stereocenters. The van der Waals surface area contributed by atoms with Crippen molar-refractivity contribution in [1.82, 2.24) is 19.9 Å². The molecule has 2 fully saturated rings. The zero-order valence-corrected chi connectivity index (χ0v) is 18.3. The lowest BCUT2D eigenvalue weighted by atomic mass is 9.89. The van der Waals surface area contributed by atoms with Crippen molar-refractivity contribution < 1.29 is 9.13 Å².